The molecule has 92 valence electrons. The van der Waals surface area contributed by atoms with Crippen LogP contribution in [0.15, 0.2) is 24.3 Å². The van der Waals surface area contributed by atoms with Crippen LogP contribution in [-0.2, 0) is 0 Å². The van der Waals surface area contributed by atoms with Crippen LogP contribution in [0.4, 0.5) is 5.69 Å². The zero-order valence-corrected chi connectivity index (χ0v) is 10.3. The van der Waals surface area contributed by atoms with Gasteiger partial charge in [0.2, 0.25) is 0 Å². The first-order valence-corrected chi connectivity index (χ1v) is 6.85. The lowest BCUT2D eigenvalue weighted by Gasteiger charge is -2.31. The van der Waals surface area contributed by atoms with Crippen molar-refractivity contribution in [1.29, 1.82) is 0 Å². The van der Waals surface area contributed by atoms with Crippen molar-refractivity contribution in [3.8, 4) is 0 Å². The molecule has 4 N–H and O–H groups in total. The summed E-state index contributed by atoms with van der Waals surface area (Å²) in [6, 6.07) is 8.54. The molecule has 0 radical (unpaired) electrons. The monoisotopic (exact) mass is 230 g/mol. The Bertz CT molecular complexity index is 384. The van der Waals surface area contributed by atoms with E-state index in [0.717, 1.165) is 35.9 Å². The summed E-state index contributed by atoms with van der Waals surface area (Å²) in [5.74, 6) is 3.41. The van der Waals surface area contributed by atoms with Gasteiger partial charge in [0.05, 0.1) is 0 Å². The number of nitrogen functional groups attached to an aromatic ring is 1. The minimum atomic E-state index is 0.748. The van der Waals surface area contributed by atoms with Crippen molar-refractivity contribution in [2.75, 3.05) is 12.3 Å². The second kappa shape index (κ2) is 4.34. The van der Waals surface area contributed by atoms with Crippen molar-refractivity contribution >= 4 is 5.69 Å². The van der Waals surface area contributed by atoms with Crippen LogP contribution in [0.3, 0.4) is 0 Å². The highest BCUT2D eigenvalue weighted by Crippen LogP contribution is 2.57. The molecule has 2 heteroatoms. The number of fused-ring (bicyclic) bond motifs is 2. The molecule has 2 bridgehead atoms. The highest BCUT2D eigenvalue weighted by atomic mass is 14.6. The van der Waals surface area contributed by atoms with Crippen LogP contribution in [0, 0.1) is 17.8 Å². The zero-order valence-electron chi connectivity index (χ0n) is 10.3. The summed E-state index contributed by atoms with van der Waals surface area (Å²) in [5.41, 5.74) is 13.9. The number of benzene rings is 1. The fraction of sp³-hybridized carbons (Fsp3) is 0.600. The number of anilines is 1. The molecule has 17 heavy (non-hydrogen) atoms. The summed E-state index contributed by atoms with van der Waals surface area (Å²) in [4.78, 5) is 0. The Labute approximate surface area is 103 Å². The van der Waals surface area contributed by atoms with E-state index in [1.807, 2.05) is 12.1 Å². The Kier molecular flexibility index (Phi) is 2.83. The molecule has 2 saturated carbocycles. The molecule has 4 atom stereocenters. The Hall–Kier alpha value is -1.02. The largest absolute Gasteiger partial charge is 0.399 e. The molecule has 4 unspecified atom stereocenters. The first kappa shape index (κ1) is 11.1. The van der Waals surface area contributed by atoms with Gasteiger partial charge in [0.15, 0.2) is 0 Å². The van der Waals surface area contributed by atoms with Gasteiger partial charge in [-0.05, 0) is 73.6 Å². The molecule has 0 aliphatic heterocycles. The van der Waals surface area contributed by atoms with Gasteiger partial charge in [-0.15, -0.1) is 0 Å². The quantitative estimate of drug-likeness (QED) is 0.784. The van der Waals surface area contributed by atoms with Crippen LogP contribution >= 0.6 is 0 Å². The lowest BCUT2D eigenvalue weighted by Crippen LogP contribution is -2.23. The van der Waals surface area contributed by atoms with E-state index >= 15 is 0 Å². The van der Waals surface area contributed by atoms with Gasteiger partial charge < -0.3 is 11.5 Å². The summed E-state index contributed by atoms with van der Waals surface area (Å²) in [6.07, 6.45) is 5.47. The van der Waals surface area contributed by atoms with Crippen LogP contribution in [0.5, 0.6) is 0 Å². The van der Waals surface area contributed by atoms with Gasteiger partial charge in [0.1, 0.15) is 0 Å². The number of nitrogens with two attached hydrogens (primary N) is 2. The smallest absolute Gasteiger partial charge is 0.0314 e. The van der Waals surface area contributed by atoms with E-state index in [4.69, 9.17) is 11.5 Å². The topological polar surface area (TPSA) is 52.0 Å². The zero-order chi connectivity index (χ0) is 11.8. The molecule has 3 rings (SSSR count). The van der Waals surface area contributed by atoms with Crippen LogP contribution in [-0.4, -0.2) is 6.54 Å². The number of hydrogen-bond donors (Lipinski definition) is 2. The van der Waals surface area contributed by atoms with Crippen LogP contribution in [0.2, 0.25) is 0 Å². The molecule has 1 aromatic carbocycles. The number of hydrogen-bond acceptors (Lipinski definition) is 2. The minimum Gasteiger partial charge on any atom is -0.399 e. The van der Waals surface area contributed by atoms with Crippen molar-refractivity contribution in [2.45, 2.75) is 31.6 Å². The predicted molar refractivity (Wildman–Crippen MR) is 71.6 cm³/mol. The van der Waals surface area contributed by atoms with E-state index in [2.05, 4.69) is 12.1 Å². The average molecular weight is 230 g/mol. The van der Waals surface area contributed by atoms with E-state index in [9.17, 15) is 0 Å². The van der Waals surface area contributed by atoms with E-state index in [1.54, 1.807) is 0 Å². The highest BCUT2D eigenvalue weighted by molar-refractivity contribution is 5.41. The Balaban J connectivity index is 1.87. The third-order valence-electron chi connectivity index (χ3n) is 4.91. The van der Waals surface area contributed by atoms with Crippen molar-refractivity contribution in [2.24, 2.45) is 23.5 Å². The number of rotatable bonds is 3. The molecule has 1 aromatic rings. The third kappa shape index (κ3) is 1.85. The molecule has 2 nitrogen and oxygen atoms in total. The fourth-order valence-electron chi connectivity index (χ4n) is 4.26. The molecule has 2 fully saturated rings. The normalized spacial score (nSPS) is 35.4. The molecule has 0 spiro atoms. The second-order valence-electron chi connectivity index (χ2n) is 5.77. The van der Waals surface area contributed by atoms with Gasteiger partial charge in [0, 0.05) is 5.69 Å². The molecular formula is C15H22N2. The fourth-order valence-corrected chi connectivity index (χ4v) is 4.26. The summed E-state index contributed by atoms with van der Waals surface area (Å²) < 4.78 is 0. The molecule has 0 heterocycles. The Morgan fingerprint density at radius 1 is 1.06 bits per heavy atom. The Morgan fingerprint density at radius 3 is 2.47 bits per heavy atom. The maximum atomic E-state index is 5.78. The minimum absolute atomic E-state index is 0.748. The van der Waals surface area contributed by atoms with Crippen LogP contribution in [0.1, 0.15) is 37.2 Å². The summed E-state index contributed by atoms with van der Waals surface area (Å²) >= 11 is 0. The standard InChI is InChI=1S/C15H22N2/c16-8-7-14-11-1-2-12(9-11)15(14)10-3-5-13(17)6-4-10/h3-6,11-12,14-15H,1-2,7-9,16-17H2. The van der Waals surface area contributed by atoms with E-state index in [1.165, 1.54) is 31.2 Å². The maximum Gasteiger partial charge on any atom is 0.0314 e. The van der Waals surface area contributed by atoms with Gasteiger partial charge in [-0.2, -0.15) is 0 Å². The Morgan fingerprint density at radius 2 is 1.76 bits per heavy atom. The SMILES string of the molecule is NCCC1C2CCC(C2)C1c1ccc(N)cc1. The van der Waals surface area contributed by atoms with Crippen molar-refractivity contribution < 1.29 is 0 Å². The van der Waals surface area contributed by atoms with E-state index < -0.39 is 0 Å². The van der Waals surface area contributed by atoms with Gasteiger partial charge in [-0.3, -0.25) is 0 Å². The lowest BCUT2D eigenvalue weighted by atomic mass is 9.74. The van der Waals surface area contributed by atoms with Crippen LogP contribution in [0.25, 0.3) is 0 Å². The molecule has 0 aromatic heterocycles. The second-order valence-corrected chi connectivity index (χ2v) is 5.77. The molecular weight excluding hydrogens is 208 g/mol. The molecule has 0 saturated heterocycles. The summed E-state index contributed by atoms with van der Waals surface area (Å²) in [7, 11) is 0. The van der Waals surface area contributed by atoms with Gasteiger partial charge in [-0.1, -0.05) is 12.1 Å². The van der Waals surface area contributed by atoms with Crippen molar-refractivity contribution in [3.05, 3.63) is 29.8 Å². The highest BCUT2D eigenvalue weighted by Gasteiger charge is 2.47. The predicted octanol–water partition coefficient (Wildman–Crippen LogP) is 2.75. The van der Waals surface area contributed by atoms with Crippen LogP contribution < -0.4 is 11.5 Å². The third-order valence-corrected chi connectivity index (χ3v) is 4.91. The van der Waals surface area contributed by atoms with Crippen molar-refractivity contribution in [3.63, 3.8) is 0 Å². The molecule has 2 aliphatic carbocycles. The molecule has 2 aliphatic rings. The molecule has 0 amide bonds. The maximum absolute atomic E-state index is 5.78. The van der Waals surface area contributed by atoms with Gasteiger partial charge in [-0.25, -0.2) is 0 Å². The average Bonchev–Trinajstić information content (AvgIpc) is 2.92. The summed E-state index contributed by atoms with van der Waals surface area (Å²) in [5, 5.41) is 0. The summed E-state index contributed by atoms with van der Waals surface area (Å²) in [6.45, 7) is 0.833. The van der Waals surface area contributed by atoms with E-state index in [-0.39, 0.29) is 0 Å². The van der Waals surface area contributed by atoms with E-state index in [0.29, 0.717) is 0 Å². The first-order valence-electron chi connectivity index (χ1n) is 6.85. The van der Waals surface area contributed by atoms with Gasteiger partial charge in [0.25, 0.3) is 0 Å². The first-order chi connectivity index (χ1) is 8.29. The lowest BCUT2D eigenvalue weighted by molar-refractivity contribution is 0.275. The van der Waals surface area contributed by atoms with Crippen molar-refractivity contribution in [1.82, 2.24) is 0 Å². The van der Waals surface area contributed by atoms with Gasteiger partial charge >= 0.3 is 0 Å².